The summed E-state index contributed by atoms with van der Waals surface area (Å²) in [5.74, 6) is 0.536. The van der Waals surface area contributed by atoms with Crippen LogP contribution in [0, 0.1) is 0 Å². The van der Waals surface area contributed by atoms with E-state index in [9.17, 15) is 4.79 Å². The van der Waals surface area contributed by atoms with E-state index >= 15 is 0 Å². The van der Waals surface area contributed by atoms with E-state index in [0.29, 0.717) is 11.9 Å². The average molecular weight is 194 g/mol. The standard InChI is InChI=1S/C11H18N2O/c1-3-4-5-6-10(2)13-8-7-12-11(13)9-14/h7-10H,3-6H2,1-2H3. The van der Waals surface area contributed by atoms with Crippen molar-refractivity contribution in [2.75, 3.05) is 0 Å². The number of hydrogen-bond acceptors (Lipinski definition) is 2. The van der Waals surface area contributed by atoms with Crippen LogP contribution in [-0.2, 0) is 0 Å². The first-order chi connectivity index (χ1) is 6.79. The van der Waals surface area contributed by atoms with E-state index in [1.807, 2.05) is 10.8 Å². The fraction of sp³-hybridized carbons (Fsp3) is 0.636. The number of nitrogens with zero attached hydrogens (tertiary/aromatic N) is 2. The number of aromatic nitrogens is 2. The minimum atomic E-state index is 0.379. The second-order valence-corrected chi connectivity index (χ2v) is 3.66. The normalized spacial score (nSPS) is 12.7. The average Bonchev–Trinajstić information content (AvgIpc) is 2.65. The summed E-state index contributed by atoms with van der Waals surface area (Å²) in [4.78, 5) is 14.6. The number of rotatable bonds is 6. The summed E-state index contributed by atoms with van der Waals surface area (Å²) in [6, 6.07) is 0.379. The van der Waals surface area contributed by atoms with Crippen LogP contribution in [0.2, 0.25) is 0 Å². The molecule has 0 saturated heterocycles. The Kier molecular flexibility index (Phi) is 4.36. The molecule has 14 heavy (non-hydrogen) atoms. The number of unbranched alkanes of at least 4 members (excludes halogenated alkanes) is 2. The van der Waals surface area contributed by atoms with E-state index in [-0.39, 0.29) is 0 Å². The van der Waals surface area contributed by atoms with Gasteiger partial charge in [0.25, 0.3) is 0 Å². The van der Waals surface area contributed by atoms with E-state index < -0.39 is 0 Å². The molecular formula is C11H18N2O. The Morgan fingerprint density at radius 2 is 2.36 bits per heavy atom. The molecule has 1 aromatic heterocycles. The first-order valence-electron chi connectivity index (χ1n) is 5.27. The van der Waals surface area contributed by atoms with Crippen LogP contribution in [0.3, 0.4) is 0 Å². The van der Waals surface area contributed by atoms with E-state index in [1.54, 1.807) is 6.20 Å². The molecule has 0 aliphatic rings. The van der Waals surface area contributed by atoms with Crippen molar-refractivity contribution >= 4 is 6.29 Å². The Hall–Kier alpha value is -1.12. The molecule has 1 unspecified atom stereocenters. The summed E-state index contributed by atoms with van der Waals surface area (Å²) in [7, 11) is 0. The highest BCUT2D eigenvalue weighted by Gasteiger charge is 2.08. The predicted molar refractivity (Wildman–Crippen MR) is 56.5 cm³/mol. The first-order valence-corrected chi connectivity index (χ1v) is 5.27. The quantitative estimate of drug-likeness (QED) is 0.515. The Balaban J connectivity index is 2.51. The third-order valence-corrected chi connectivity index (χ3v) is 2.50. The summed E-state index contributed by atoms with van der Waals surface area (Å²) in [5.41, 5.74) is 0. The largest absolute Gasteiger partial charge is 0.326 e. The van der Waals surface area contributed by atoms with Crippen LogP contribution < -0.4 is 0 Å². The fourth-order valence-corrected chi connectivity index (χ4v) is 1.62. The molecule has 1 heterocycles. The van der Waals surface area contributed by atoms with Crippen molar-refractivity contribution in [3.8, 4) is 0 Å². The molecule has 0 amide bonds. The lowest BCUT2D eigenvalue weighted by Crippen LogP contribution is -2.07. The van der Waals surface area contributed by atoms with Gasteiger partial charge in [0.2, 0.25) is 0 Å². The Morgan fingerprint density at radius 3 is 3.00 bits per heavy atom. The molecule has 0 aromatic carbocycles. The van der Waals surface area contributed by atoms with Crippen molar-refractivity contribution in [3.05, 3.63) is 18.2 Å². The maximum absolute atomic E-state index is 10.6. The minimum Gasteiger partial charge on any atom is -0.326 e. The molecule has 1 aromatic rings. The van der Waals surface area contributed by atoms with Gasteiger partial charge < -0.3 is 4.57 Å². The second kappa shape index (κ2) is 5.58. The van der Waals surface area contributed by atoms with Crippen LogP contribution in [-0.4, -0.2) is 15.8 Å². The number of carbonyl (C=O) groups excluding carboxylic acids is 1. The molecule has 0 N–H and O–H groups in total. The Labute approximate surface area is 85.2 Å². The first kappa shape index (κ1) is 11.0. The van der Waals surface area contributed by atoms with E-state index in [4.69, 9.17) is 0 Å². The maximum Gasteiger partial charge on any atom is 0.185 e. The smallest absolute Gasteiger partial charge is 0.185 e. The van der Waals surface area contributed by atoms with Gasteiger partial charge in [-0.05, 0) is 13.3 Å². The lowest BCUT2D eigenvalue weighted by atomic mass is 10.1. The Morgan fingerprint density at radius 1 is 1.57 bits per heavy atom. The molecule has 78 valence electrons. The summed E-state index contributed by atoms with van der Waals surface area (Å²) in [6.07, 6.45) is 9.20. The monoisotopic (exact) mass is 194 g/mol. The van der Waals surface area contributed by atoms with Crippen molar-refractivity contribution < 1.29 is 4.79 Å². The van der Waals surface area contributed by atoms with Gasteiger partial charge in [0, 0.05) is 18.4 Å². The van der Waals surface area contributed by atoms with Gasteiger partial charge in [-0.2, -0.15) is 0 Å². The predicted octanol–water partition coefficient (Wildman–Crippen LogP) is 2.84. The molecule has 3 nitrogen and oxygen atoms in total. The zero-order valence-electron chi connectivity index (χ0n) is 8.94. The van der Waals surface area contributed by atoms with E-state index in [1.165, 1.54) is 19.3 Å². The molecule has 0 bridgehead atoms. The molecule has 0 aliphatic carbocycles. The van der Waals surface area contributed by atoms with Crippen molar-refractivity contribution in [1.82, 2.24) is 9.55 Å². The van der Waals surface area contributed by atoms with Crippen LogP contribution in [0.4, 0.5) is 0 Å². The van der Waals surface area contributed by atoms with Gasteiger partial charge in [0.1, 0.15) is 0 Å². The van der Waals surface area contributed by atoms with Gasteiger partial charge in [-0.25, -0.2) is 4.98 Å². The van der Waals surface area contributed by atoms with Gasteiger partial charge in [-0.15, -0.1) is 0 Å². The number of hydrogen-bond donors (Lipinski definition) is 0. The van der Waals surface area contributed by atoms with Crippen molar-refractivity contribution in [3.63, 3.8) is 0 Å². The van der Waals surface area contributed by atoms with Gasteiger partial charge in [0.05, 0.1) is 0 Å². The van der Waals surface area contributed by atoms with Crippen molar-refractivity contribution in [2.45, 2.75) is 45.6 Å². The summed E-state index contributed by atoms with van der Waals surface area (Å²) in [5, 5.41) is 0. The zero-order valence-corrected chi connectivity index (χ0v) is 8.94. The second-order valence-electron chi connectivity index (χ2n) is 3.66. The van der Waals surface area contributed by atoms with Crippen LogP contribution in [0.5, 0.6) is 0 Å². The fourth-order valence-electron chi connectivity index (χ4n) is 1.62. The number of imidazole rings is 1. The SMILES string of the molecule is CCCCCC(C)n1ccnc1C=O. The molecule has 1 rings (SSSR count). The number of carbonyl (C=O) groups is 1. The van der Waals surface area contributed by atoms with Crippen LogP contribution >= 0.6 is 0 Å². The lowest BCUT2D eigenvalue weighted by Gasteiger charge is -2.13. The molecular weight excluding hydrogens is 176 g/mol. The van der Waals surface area contributed by atoms with Gasteiger partial charge in [-0.1, -0.05) is 26.2 Å². The van der Waals surface area contributed by atoms with Gasteiger partial charge in [0.15, 0.2) is 12.1 Å². The topological polar surface area (TPSA) is 34.9 Å². The molecule has 0 aliphatic heterocycles. The van der Waals surface area contributed by atoms with Crippen LogP contribution in [0.1, 0.15) is 56.2 Å². The van der Waals surface area contributed by atoms with Crippen molar-refractivity contribution in [2.24, 2.45) is 0 Å². The highest BCUT2D eigenvalue weighted by atomic mass is 16.1. The molecule has 3 heteroatoms. The van der Waals surface area contributed by atoms with Crippen molar-refractivity contribution in [1.29, 1.82) is 0 Å². The molecule has 0 spiro atoms. The third-order valence-electron chi connectivity index (χ3n) is 2.50. The lowest BCUT2D eigenvalue weighted by molar-refractivity contribution is 0.110. The van der Waals surface area contributed by atoms with E-state index in [0.717, 1.165) is 12.7 Å². The minimum absolute atomic E-state index is 0.379. The van der Waals surface area contributed by atoms with E-state index in [2.05, 4.69) is 18.8 Å². The zero-order chi connectivity index (χ0) is 10.4. The summed E-state index contributed by atoms with van der Waals surface area (Å²) >= 11 is 0. The molecule has 1 atom stereocenters. The van der Waals surface area contributed by atoms with Gasteiger partial charge in [-0.3, -0.25) is 4.79 Å². The molecule has 0 fully saturated rings. The van der Waals surface area contributed by atoms with Crippen LogP contribution in [0.15, 0.2) is 12.4 Å². The number of aldehydes is 1. The summed E-state index contributed by atoms with van der Waals surface area (Å²) < 4.78 is 1.95. The van der Waals surface area contributed by atoms with Crippen LogP contribution in [0.25, 0.3) is 0 Å². The highest BCUT2D eigenvalue weighted by Crippen LogP contribution is 2.16. The molecule has 0 radical (unpaired) electrons. The highest BCUT2D eigenvalue weighted by molar-refractivity contribution is 5.69. The Bertz CT molecular complexity index is 281. The maximum atomic E-state index is 10.6. The summed E-state index contributed by atoms with van der Waals surface area (Å²) in [6.45, 7) is 4.32. The third kappa shape index (κ3) is 2.69. The molecule has 0 saturated carbocycles. The van der Waals surface area contributed by atoms with Gasteiger partial charge >= 0.3 is 0 Å².